The van der Waals surface area contributed by atoms with E-state index in [0.717, 1.165) is 35.1 Å². The summed E-state index contributed by atoms with van der Waals surface area (Å²) in [5, 5.41) is 3.07. The zero-order valence-electron chi connectivity index (χ0n) is 16.1. The summed E-state index contributed by atoms with van der Waals surface area (Å²) >= 11 is 3.43. The Balaban J connectivity index is 1.49. The number of carbonyl (C=O) groups excluding carboxylic acids is 2. The Labute approximate surface area is 174 Å². The van der Waals surface area contributed by atoms with Crippen molar-refractivity contribution in [2.24, 2.45) is 0 Å². The van der Waals surface area contributed by atoms with Gasteiger partial charge in [0.25, 0.3) is 5.91 Å². The molecular weight excluding hydrogens is 418 g/mol. The summed E-state index contributed by atoms with van der Waals surface area (Å²) in [6, 6.07) is 17.3. The monoisotopic (exact) mass is 443 g/mol. The number of rotatable bonds is 5. The zero-order valence-corrected chi connectivity index (χ0v) is 17.7. The van der Waals surface area contributed by atoms with E-state index in [1.54, 1.807) is 0 Å². The molecule has 1 unspecified atom stereocenters. The van der Waals surface area contributed by atoms with Crippen molar-refractivity contribution in [3.63, 3.8) is 0 Å². The largest absolute Gasteiger partial charge is 0.348 e. The minimum absolute atomic E-state index is 0.0123. The van der Waals surface area contributed by atoms with E-state index < -0.39 is 0 Å². The second-order valence-electron chi connectivity index (χ2n) is 7.13. The van der Waals surface area contributed by atoms with Crippen molar-refractivity contribution in [1.82, 2.24) is 15.1 Å². The van der Waals surface area contributed by atoms with Gasteiger partial charge < -0.3 is 10.2 Å². The van der Waals surface area contributed by atoms with Gasteiger partial charge in [0.05, 0.1) is 12.6 Å². The molecule has 0 aromatic heterocycles. The van der Waals surface area contributed by atoms with Crippen LogP contribution < -0.4 is 5.32 Å². The molecule has 1 N–H and O–H groups in total. The van der Waals surface area contributed by atoms with Gasteiger partial charge >= 0.3 is 0 Å². The van der Waals surface area contributed by atoms with Gasteiger partial charge in [-0.15, -0.1) is 0 Å². The van der Waals surface area contributed by atoms with Crippen LogP contribution >= 0.6 is 15.9 Å². The summed E-state index contributed by atoms with van der Waals surface area (Å²) in [7, 11) is 0. The molecule has 2 aromatic rings. The molecule has 1 aliphatic heterocycles. The van der Waals surface area contributed by atoms with E-state index >= 15 is 0 Å². The Kier molecular flexibility index (Phi) is 7.23. The summed E-state index contributed by atoms with van der Waals surface area (Å²) in [5.41, 5.74) is 1.80. The number of hydrogen-bond acceptors (Lipinski definition) is 3. The quantitative estimate of drug-likeness (QED) is 0.769. The van der Waals surface area contributed by atoms with Gasteiger partial charge in [-0.3, -0.25) is 14.5 Å². The fraction of sp³-hybridized carbons (Fsp3) is 0.364. The van der Waals surface area contributed by atoms with Gasteiger partial charge in [-0.05, 0) is 43.2 Å². The first-order valence-electron chi connectivity index (χ1n) is 9.64. The van der Waals surface area contributed by atoms with E-state index in [1.165, 1.54) is 0 Å². The lowest BCUT2D eigenvalue weighted by molar-refractivity contribution is -0.122. The third-order valence-corrected chi connectivity index (χ3v) is 5.54. The van der Waals surface area contributed by atoms with E-state index in [2.05, 4.69) is 26.1 Å². The number of carbonyl (C=O) groups is 2. The van der Waals surface area contributed by atoms with Crippen molar-refractivity contribution in [3.05, 3.63) is 70.2 Å². The summed E-state index contributed by atoms with van der Waals surface area (Å²) in [4.78, 5) is 29.1. The number of benzene rings is 2. The third-order valence-electron chi connectivity index (χ3n) is 5.01. The van der Waals surface area contributed by atoms with E-state index in [1.807, 2.05) is 66.4 Å². The van der Waals surface area contributed by atoms with Gasteiger partial charge in [0.15, 0.2) is 0 Å². The van der Waals surface area contributed by atoms with E-state index in [9.17, 15) is 9.59 Å². The summed E-state index contributed by atoms with van der Waals surface area (Å²) < 4.78 is 1.02. The summed E-state index contributed by atoms with van der Waals surface area (Å²) in [6.07, 6.45) is 0.869. The van der Waals surface area contributed by atoms with Crippen molar-refractivity contribution >= 4 is 27.7 Å². The van der Waals surface area contributed by atoms with E-state index in [0.29, 0.717) is 19.6 Å². The fourth-order valence-corrected chi connectivity index (χ4v) is 3.68. The first-order chi connectivity index (χ1) is 13.5. The smallest absolute Gasteiger partial charge is 0.253 e. The van der Waals surface area contributed by atoms with Crippen LogP contribution in [0.4, 0.5) is 0 Å². The van der Waals surface area contributed by atoms with Crippen LogP contribution in [0.25, 0.3) is 0 Å². The van der Waals surface area contributed by atoms with Gasteiger partial charge in [-0.1, -0.05) is 46.3 Å². The highest BCUT2D eigenvalue weighted by atomic mass is 79.9. The minimum atomic E-state index is -0.0382. The predicted molar refractivity (Wildman–Crippen MR) is 114 cm³/mol. The van der Waals surface area contributed by atoms with Crippen molar-refractivity contribution in [3.8, 4) is 0 Å². The number of amides is 2. The molecule has 2 amide bonds. The van der Waals surface area contributed by atoms with Crippen molar-refractivity contribution in [1.29, 1.82) is 0 Å². The maximum absolute atomic E-state index is 12.6. The second kappa shape index (κ2) is 9.85. The SMILES string of the molecule is CC(NC(=O)CN1CCCN(C(=O)c2ccccc2)CC1)c1ccc(Br)cc1. The van der Waals surface area contributed by atoms with E-state index in [4.69, 9.17) is 0 Å². The van der Waals surface area contributed by atoms with Gasteiger partial charge in [0, 0.05) is 36.2 Å². The summed E-state index contributed by atoms with van der Waals surface area (Å²) in [5.74, 6) is 0.0778. The zero-order chi connectivity index (χ0) is 19.9. The van der Waals surface area contributed by atoms with Gasteiger partial charge in [0.2, 0.25) is 5.91 Å². The molecule has 2 aromatic carbocycles. The number of hydrogen-bond donors (Lipinski definition) is 1. The van der Waals surface area contributed by atoms with Crippen LogP contribution in [0.1, 0.15) is 35.3 Å². The maximum Gasteiger partial charge on any atom is 0.253 e. The molecule has 0 bridgehead atoms. The topological polar surface area (TPSA) is 52.7 Å². The van der Waals surface area contributed by atoms with Crippen molar-refractivity contribution in [2.75, 3.05) is 32.7 Å². The predicted octanol–water partition coefficient (Wildman–Crippen LogP) is 3.47. The van der Waals surface area contributed by atoms with Gasteiger partial charge in [-0.2, -0.15) is 0 Å². The molecule has 1 fully saturated rings. The van der Waals surface area contributed by atoms with Crippen LogP contribution in [0.2, 0.25) is 0 Å². The number of nitrogens with zero attached hydrogens (tertiary/aromatic N) is 2. The Bertz CT molecular complexity index is 795. The van der Waals surface area contributed by atoms with Crippen LogP contribution in [0.3, 0.4) is 0 Å². The molecule has 28 heavy (non-hydrogen) atoms. The average Bonchev–Trinajstić information content (AvgIpc) is 2.94. The Morgan fingerprint density at radius 2 is 1.71 bits per heavy atom. The molecule has 1 atom stereocenters. The minimum Gasteiger partial charge on any atom is -0.348 e. The lowest BCUT2D eigenvalue weighted by Crippen LogP contribution is -2.40. The molecule has 6 heteroatoms. The number of nitrogens with one attached hydrogen (secondary N) is 1. The van der Waals surface area contributed by atoms with Crippen LogP contribution in [-0.2, 0) is 4.79 Å². The molecule has 148 valence electrons. The molecule has 0 aliphatic carbocycles. The Hall–Kier alpha value is -2.18. The fourth-order valence-electron chi connectivity index (χ4n) is 3.42. The van der Waals surface area contributed by atoms with Crippen LogP contribution in [-0.4, -0.2) is 54.3 Å². The lowest BCUT2D eigenvalue weighted by Gasteiger charge is -2.22. The van der Waals surface area contributed by atoms with Gasteiger partial charge in [0.1, 0.15) is 0 Å². The molecular formula is C22H26BrN3O2. The lowest BCUT2D eigenvalue weighted by atomic mass is 10.1. The average molecular weight is 444 g/mol. The molecule has 3 rings (SSSR count). The molecule has 1 saturated heterocycles. The molecule has 1 heterocycles. The normalized spacial score (nSPS) is 16.3. The molecule has 0 spiro atoms. The highest BCUT2D eigenvalue weighted by Crippen LogP contribution is 2.16. The standard InChI is InChI=1S/C22H26BrN3O2/c1-17(18-8-10-20(23)11-9-18)24-21(27)16-25-12-5-13-26(15-14-25)22(28)19-6-3-2-4-7-19/h2-4,6-11,17H,5,12-16H2,1H3,(H,24,27). The molecule has 1 aliphatic rings. The highest BCUT2D eigenvalue weighted by Gasteiger charge is 2.21. The second-order valence-corrected chi connectivity index (χ2v) is 8.04. The van der Waals surface area contributed by atoms with Crippen LogP contribution in [0.15, 0.2) is 59.1 Å². The molecule has 0 radical (unpaired) electrons. The maximum atomic E-state index is 12.6. The summed E-state index contributed by atoms with van der Waals surface area (Å²) in [6.45, 7) is 5.24. The Morgan fingerprint density at radius 3 is 2.43 bits per heavy atom. The molecule has 5 nitrogen and oxygen atoms in total. The first kappa shape index (κ1) is 20.6. The van der Waals surface area contributed by atoms with E-state index in [-0.39, 0.29) is 17.9 Å². The van der Waals surface area contributed by atoms with Crippen molar-refractivity contribution in [2.45, 2.75) is 19.4 Å². The first-order valence-corrected chi connectivity index (χ1v) is 10.4. The van der Waals surface area contributed by atoms with Gasteiger partial charge in [-0.25, -0.2) is 0 Å². The van der Waals surface area contributed by atoms with Crippen LogP contribution in [0.5, 0.6) is 0 Å². The van der Waals surface area contributed by atoms with Crippen molar-refractivity contribution < 1.29 is 9.59 Å². The highest BCUT2D eigenvalue weighted by molar-refractivity contribution is 9.10. The third kappa shape index (κ3) is 5.66. The van der Waals surface area contributed by atoms with Crippen LogP contribution in [0, 0.1) is 0 Å². The Morgan fingerprint density at radius 1 is 1.00 bits per heavy atom. The number of halogens is 1. The molecule has 0 saturated carbocycles.